The van der Waals surface area contributed by atoms with E-state index in [-0.39, 0.29) is 0 Å². The maximum atomic E-state index is 4.78. The SMILES string of the molecule is Brc1cc2c(C(Br)(C(Br)(Br)C(Br)(Br)C(Br)(Br)c3c(Br)c(Br)c(Br)c4c(Br)c(Br)c(Br)c(Br)c34)C(Br)(Br)C(Br)(c3cccc4ccccc34)C(Br)(Br)C(Br)(Br)C(Br)(Br)c3cccc4ccccc34)c(Br)c(Br)c(Br)c2c(Br)c1Br. The Labute approximate surface area is 693 Å². The van der Waals surface area contributed by atoms with Gasteiger partial charge in [0.2, 0.25) is 0 Å². The summed E-state index contributed by atoms with van der Waals surface area (Å²) in [6.45, 7) is 0. The fourth-order valence-electron chi connectivity index (χ4n) is 9.03. The lowest BCUT2D eigenvalue weighted by Crippen LogP contribution is -2.70. The molecule has 0 amide bonds. The van der Waals surface area contributed by atoms with Gasteiger partial charge in [-0.1, -0.05) is 340 Å². The minimum Gasteiger partial charge on any atom is -0.0749 e. The number of alkyl halides is 16. The number of fused-ring (bicyclic) bond motifs is 4. The van der Waals surface area contributed by atoms with Crippen molar-refractivity contribution in [1.82, 2.24) is 0 Å². The predicted octanol–water partition coefficient (Wildman–Crippen LogP) is 32.8. The van der Waals surface area contributed by atoms with Gasteiger partial charge in [0.1, 0.15) is 31.3 Å². The van der Waals surface area contributed by atoms with Crippen LogP contribution >= 0.6 is 462 Å². The number of benzene rings is 8. The van der Waals surface area contributed by atoms with E-state index in [1.54, 1.807) is 0 Å². The number of hydrogen-bond acceptors (Lipinski definition) is 0. The molecular formula is C49H15Br29. The summed E-state index contributed by atoms with van der Waals surface area (Å²) in [6, 6.07) is 31.2. The van der Waals surface area contributed by atoms with Crippen molar-refractivity contribution < 1.29 is 0 Å². The minimum absolute atomic E-state index is 0.674. The van der Waals surface area contributed by atoms with Crippen molar-refractivity contribution in [2.24, 2.45) is 0 Å². The molecule has 0 bridgehead atoms. The normalized spacial score (nSPS) is 15.2. The molecule has 2 atom stereocenters. The van der Waals surface area contributed by atoms with E-state index in [9.17, 15) is 0 Å². The topological polar surface area (TPSA) is 0 Å². The monoisotopic (exact) mass is 2890 g/mol. The van der Waals surface area contributed by atoms with E-state index < -0.39 is 31.3 Å². The van der Waals surface area contributed by atoms with Crippen molar-refractivity contribution in [3.8, 4) is 0 Å². The molecule has 0 saturated heterocycles. The predicted molar refractivity (Wildman–Crippen MR) is 439 cm³/mol. The van der Waals surface area contributed by atoms with Gasteiger partial charge in [0.15, 0.2) is 0 Å². The molecule has 0 N–H and O–H groups in total. The third-order valence-corrected chi connectivity index (χ3v) is 59.7. The molecule has 29 heteroatoms. The molecule has 0 saturated carbocycles. The van der Waals surface area contributed by atoms with E-state index in [0.717, 1.165) is 105 Å². The highest BCUT2D eigenvalue weighted by atomic mass is 80.0. The summed E-state index contributed by atoms with van der Waals surface area (Å²) < 4.78 is -3.03. The molecule has 0 radical (unpaired) electrons. The third kappa shape index (κ3) is 11.2. The largest absolute Gasteiger partial charge is 0.136 e. The number of rotatable bonds is 12. The molecule has 0 aliphatic heterocycles. The van der Waals surface area contributed by atoms with E-state index in [4.69, 9.17) is 31.9 Å². The summed E-state index contributed by atoms with van der Waals surface area (Å²) in [5.74, 6) is 0. The first-order chi connectivity index (χ1) is 35.7. The Hall–Kier alpha value is 8.72. The summed E-state index contributed by atoms with van der Waals surface area (Å²) in [5, 5.41) is 7.29. The average molecular weight is 2920 g/mol. The van der Waals surface area contributed by atoms with Crippen molar-refractivity contribution in [3.05, 3.63) is 171 Å². The van der Waals surface area contributed by atoms with Crippen LogP contribution in [0.5, 0.6) is 0 Å². The van der Waals surface area contributed by atoms with Crippen LogP contribution in [0.4, 0.5) is 0 Å². The highest BCUT2D eigenvalue weighted by Gasteiger charge is 2.81. The highest BCUT2D eigenvalue weighted by Crippen LogP contribution is 2.83. The van der Waals surface area contributed by atoms with Crippen LogP contribution in [0.15, 0.2) is 149 Å². The molecular weight excluding hydrogens is 2910 g/mol. The molecule has 0 aliphatic carbocycles. The summed E-state index contributed by atoms with van der Waals surface area (Å²) in [6.07, 6.45) is 0. The first-order valence-electron chi connectivity index (χ1n) is 20.7. The molecule has 8 rings (SSSR count). The first-order valence-corrected chi connectivity index (χ1v) is 43.7. The molecule has 0 aromatic heterocycles. The van der Waals surface area contributed by atoms with Crippen LogP contribution < -0.4 is 0 Å². The molecule has 2 unspecified atom stereocenters. The molecule has 8 aromatic carbocycles. The summed E-state index contributed by atoms with van der Waals surface area (Å²) in [5.41, 5.74) is 3.21. The summed E-state index contributed by atoms with van der Waals surface area (Å²) in [4.78, 5) is 0. The van der Waals surface area contributed by atoms with Gasteiger partial charge in [-0.3, -0.25) is 0 Å². The second-order valence-corrected chi connectivity index (χ2v) is 53.8. The molecule has 0 fully saturated rings. The van der Waals surface area contributed by atoms with E-state index >= 15 is 0 Å². The second-order valence-electron chi connectivity index (χ2n) is 16.9. The zero-order valence-electron chi connectivity index (χ0n) is 36.6. The van der Waals surface area contributed by atoms with E-state index in [0.29, 0.717) is 19.0 Å². The van der Waals surface area contributed by atoms with Crippen molar-refractivity contribution in [2.75, 3.05) is 0 Å². The third-order valence-electron chi connectivity index (χ3n) is 12.9. The van der Waals surface area contributed by atoms with Gasteiger partial charge in [-0.15, -0.1) is 0 Å². The molecule has 0 spiro atoms. The van der Waals surface area contributed by atoms with Gasteiger partial charge < -0.3 is 0 Å². The molecule has 8 aromatic rings. The van der Waals surface area contributed by atoms with Gasteiger partial charge in [-0.2, -0.15) is 0 Å². The van der Waals surface area contributed by atoms with Crippen molar-refractivity contribution in [1.29, 1.82) is 0 Å². The van der Waals surface area contributed by atoms with E-state index in [2.05, 4.69) is 497 Å². The van der Waals surface area contributed by atoms with Gasteiger partial charge in [-0.05, 0) is 257 Å². The lowest BCUT2D eigenvalue weighted by molar-refractivity contribution is 0.409. The molecule has 78 heavy (non-hydrogen) atoms. The minimum atomic E-state index is -1.62. The van der Waals surface area contributed by atoms with Crippen molar-refractivity contribution >= 4 is 505 Å². The maximum absolute atomic E-state index is 4.78. The van der Waals surface area contributed by atoms with Gasteiger partial charge in [0.05, 0.1) is 0 Å². The Kier molecular flexibility index (Phi) is 24.5. The second kappa shape index (κ2) is 26.4. The molecule has 0 heterocycles. The Bertz CT molecular complexity index is 3800. The zero-order chi connectivity index (χ0) is 58.5. The van der Waals surface area contributed by atoms with Crippen LogP contribution in [0.25, 0.3) is 43.1 Å². The van der Waals surface area contributed by atoms with Crippen molar-refractivity contribution in [2.45, 2.75) is 31.3 Å². The summed E-state index contributed by atoms with van der Waals surface area (Å²) in [7, 11) is 0. The van der Waals surface area contributed by atoms with Crippen LogP contribution in [0, 0.1) is 0 Å². The fourth-order valence-corrected chi connectivity index (χ4v) is 35.9. The van der Waals surface area contributed by atoms with Gasteiger partial charge in [0.25, 0.3) is 0 Å². The van der Waals surface area contributed by atoms with Crippen molar-refractivity contribution in [3.63, 3.8) is 0 Å². The Morgan fingerprint density at radius 3 is 1.10 bits per heavy atom. The van der Waals surface area contributed by atoms with Crippen LogP contribution in [0.2, 0.25) is 0 Å². The quantitative estimate of drug-likeness (QED) is 0.0650. The molecule has 0 aliphatic rings. The van der Waals surface area contributed by atoms with Crippen LogP contribution in [0.3, 0.4) is 0 Å². The van der Waals surface area contributed by atoms with Gasteiger partial charge >= 0.3 is 0 Å². The standard InChI is InChI=1S/C49H15Br29/c50-23-15-20-24(30(52)29(23)51)31(53)37(59)35(57)27(20)42(64,47(73,74)49(77,78)44(67,68)28-25-26(33(55)38(60)36(28)58)34(56)40(62)39(61)32(25)54)45(69,70)41(63,21-13-5-9-16-7-1-3-11-18(16)21)46(71,72)48(75,76)43(65,66)22-14-6-10-17-8-2-4-12-19(17)22/h1-15H. The Balaban J connectivity index is 1.60. The van der Waals surface area contributed by atoms with E-state index in [1.165, 1.54) is 0 Å². The Morgan fingerprint density at radius 1 is 0.244 bits per heavy atom. The lowest BCUT2D eigenvalue weighted by atomic mass is 9.76. The van der Waals surface area contributed by atoms with Crippen LogP contribution in [0.1, 0.15) is 22.3 Å². The number of halogens is 29. The molecule has 0 nitrogen and oxygen atoms in total. The zero-order valence-corrected chi connectivity index (χ0v) is 82.6. The summed E-state index contributed by atoms with van der Waals surface area (Å²) >= 11 is 124. The fraction of sp³-hybridized carbons (Fsp3) is 0.184. The van der Waals surface area contributed by atoms with E-state index in [1.807, 2.05) is 24.3 Å². The maximum Gasteiger partial charge on any atom is 0.136 e. The highest BCUT2D eigenvalue weighted by molar-refractivity contribution is 9.34. The first kappa shape index (κ1) is 72.5. The van der Waals surface area contributed by atoms with Crippen LogP contribution in [-0.4, -0.2) is 16.2 Å². The average Bonchev–Trinajstić information content (AvgIpc) is 2.88. The van der Waals surface area contributed by atoms with Gasteiger partial charge in [-0.25, -0.2) is 0 Å². The smallest absolute Gasteiger partial charge is 0.0749 e. The van der Waals surface area contributed by atoms with Crippen LogP contribution in [-0.2, 0) is 15.1 Å². The lowest BCUT2D eigenvalue weighted by Gasteiger charge is -2.63. The Morgan fingerprint density at radius 2 is 0.603 bits per heavy atom. The van der Waals surface area contributed by atoms with Gasteiger partial charge in [0, 0.05) is 79.9 Å². The number of hydrogen-bond donors (Lipinski definition) is 0. The molecule has 414 valence electrons.